The highest BCUT2D eigenvalue weighted by atomic mass is 19.4. The number of aromatic nitrogens is 2. The van der Waals surface area contributed by atoms with Crippen LogP contribution in [0, 0.1) is 24.5 Å². The molecule has 1 amide bonds. The molecule has 2 heterocycles. The molecule has 1 aromatic heterocycles. The van der Waals surface area contributed by atoms with Gasteiger partial charge in [0.1, 0.15) is 12.7 Å². The highest BCUT2D eigenvalue weighted by Gasteiger charge is 2.66. The molecule has 2 N–H and O–H groups in total. The van der Waals surface area contributed by atoms with Gasteiger partial charge in [0.25, 0.3) is 5.91 Å². The zero-order chi connectivity index (χ0) is 26.3. The fourth-order valence-electron chi connectivity index (χ4n) is 4.04. The van der Waals surface area contributed by atoms with E-state index in [2.05, 4.69) is 10.4 Å². The van der Waals surface area contributed by atoms with Gasteiger partial charge in [-0.2, -0.15) is 31.4 Å². The fraction of sp³-hybridized carbons (Fsp3) is 0.524. The lowest BCUT2D eigenvalue weighted by Gasteiger charge is -2.32. The van der Waals surface area contributed by atoms with E-state index in [1.165, 1.54) is 6.92 Å². The summed E-state index contributed by atoms with van der Waals surface area (Å²) < 4.78 is 107. The van der Waals surface area contributed by atoms with Crippen molar-refractivity contribution < 1.29 is 50.1 Å². The second-order valence-corrected chi connectivity index (χ2v) is 8.18. The molecule has 1 aliphatic rings. The highest BCUT2D eigenvalue weighted by Crippen LogP contribution is 2.55. The number of aryl methyl sites for hydroxylation is 1. The molecule has 1 fully saturated rings. The quantitative estimate of drug-likeness (QED) is 0.539. The summed E-state index contributed by atoms with van der Waals surface area (Å²) in [6.07, 6.45) is -6.09. The van der Waals surface area contributed by atoms with E-state index in [0.29, 0.717) is 13.0 Å². The molecule has 0 saturated carbocycles. The maximum Gasteiger partial charge on any atom is 0.417 e. The lowest BCUT2D eigenvalue weighted by Crippen LogP contribution is -2.47. The molecule has 35 heavy (non-hydrogen) atoms. The van der Waals surface area contributed by atoms with Crippen molar-refractivity contribution in [2.75, 3.05) is 18.5 Å². The third-order valence-electron chi connectivity index (χ3n) is 6.08. The van der Waals surface area contributed by atoms with Crippen LogP contribution in [0.4, 0.5) is 36.4 Å². The first-order chi connectivity index (χ1) is 16.2. The molecule has 0 spiro atoms. The summed E-state index contributed by atoms with van der Waals surface area (Å²) in [7, 11) is 0. The molecular weight excluding hydrogens is 491 g/mol. The number of aliphatic hydroxyl groups is 1. The second kappa shape index (κ2) is 9.64. The fourth-order valence-corrected chi connectivity index (χ4v) is 4.04. The molecule has 0 aliphatic carbocycles. The largest absolute Gasteiger partial charge is 0.488 e. The van der Waals surface area contributed by atoms with Gasteiger partial charge in [0.15, 0.2) is 17.2 Å². The number of benzene rings is 1. The van der Waals surface area contributed by atoms with Crippen LogP contribution in [0.2, 0.25) is 0 Å². The van der Waals surface area contributed by atoms with Crippen molar-refractivity contribution in [2.24, 2.45) is 5.92 Å². The first-order valence-electron chi connectivity index (χ1n) is 10.3. The van der Waals surface area contributed by atoms with Gasteiger partial charge >= 0.3 is 12.7 Å². The van der Waals surface area contributed by atoms with Crippen molar-refractivity contribution in [1.29, 1.82) is 0 Å². The minimum Gasteiger partial charge on any atom is -0.488 e. The number of hydrogen-bond donors (Lipinski definition) is 2. The van der Waals surface area contributed by atoms with Crippen molar-refractivity contribution in [3.63, 3.8) is 0 Å². The normalized spacial score (nSPS) is 24.7. The van der Waals surface area contributed by atoms with Crippen molar-refractivity contribution in [2.45, 2.75) is 51.1 Å². The first kappa shape index (κ1) is 26.7. The first-order valence-corrected chi connectivity index (χ1v) is 10.3. The Hall–Kier alpha value is -2.87. The Labute approximate surface area is 194 Å². The van der Waals surface area contributed by atoms with Crippen LogP contribution in [0.15, 0.2) is 18.3 Å². The van der Waals surface area contributed by atoms with Crippen molar-refractivity contribution in [1.82, 2.24) is 9.78 Å². The van der Waals surface area contributed by atoms with Crippen LogP contribution in [0.5, 0.6) is 5.75 Å². The molecule has 0 bridgehead atoms. The van der Waals surface area contributed by atoms with E-state index in [0.717, 1.165) is 19.2 Å². The van der Waals surface area contributed by atoms with Gasteiger partial charge in [0.05, 0.1) is 24.2 Å². The molecule has 14 heteroatoms. The molecular formula is C21H22F7N3O4. The standard InChI is InChI=1S/C21H22F7N3O4/c1-9-14(11-4-5-12(22)15(23)16(11)34-7-6-32)17(35-20(9,3)21(26,27)28)18(33)29-13-8-31(19(24)25)30-10(13)2/h4-5,8-9,14,17,19,32H,6-7H2,1-3H3,(H,29,33)/t9-,14-,17+,20+/m0/s1. The number of amides is 1. The summed E-state index contributed by atoms with van der Waals surface area (Å²) in [6.45, 7) is -1.01. The van der Waals surface area contributed by atoms with Gasteiger partial charge in [-0.3, -0.25) is 4.79 Å². The lowest BCUT2D eigenvalue weighted by molar-refractivity contribution is -0.272. The molecule has 2 aromatic rings. The molecule has 3 rings (SSSR count). The number of halogens is 7. The molecule has 1 aromatic carbocycles. The molecule has 1 aliphatic heterocycles. The van der Waals surface area contributed by atoms with E-state index in [1.54, 1.807) is 0 Å². The lowest BCUT2D eigenvalue weighted by atomic mass is 9.77. The van der Waals surface area contributed by atoms with Gasteiger partial charge in [-0.15, -0.1) is 0 Å². The Balaban J connectivity index is 2.09. The highest BCUT2D eigenvalue weighted by molar-refractivity contribution is 5.95. The third kappa shape index (κ3) is 4.81. The molecule has 0 unspecified atom stereocenters. The van der Waals surface area contributed by atoms with Crippen molar-refractivity contribution in [3.05, 3.63) is 41.2 Å². The number of ether oxygens (including phenoxy) is 2. The average Bonchev–Trinajstić information content (AvgIpc) is 3.27. The number of carbonyl (C=O) groups excluding carboxylic acids is 1. The van der Waals surface area contributed by atoms with E-state index in [-0.39, 0.29) is 21.6 Å². The Kier molecular flexibility index (Phi) is 7.37. The minimum atomic E-state index is -4.97. The summed E-state index contributed by atoms with van der Waals surface area (Å²) in [4.78, 5) is 13.1. The SMILES string of the molecule is Cc1nn(C(F)F)cc1NC(=O)[C@@H]1O[C@@](C)(C(F)(F)F)[C@@H](C)[C@H]1c1ccc(F)c(F)c1OCCO. The summed E-state index contributed by atoms with van der Waals surface area (Å²) in [5.41, 5.74) is -3.42. The maximum absolute atomic E-state index is 14.6. The third-order valence-corrected chi connectivity index (χ3v) is 6.08. The zero-order valence-electron chi connectivity index (χ0n) is 18.7. The van der Waals surface area contributed by atoms with Crippen LogP contribution in [0.25, 0.3) is 0 Å². The number of alkyl halides is 5. The number of nitrogens with zero attached hydrogens (tertiary/aromatic N) is 2. The number of carbonyl (C=O) groups is 1. The number of nitrogens with one attached hydrogen (secondary N) is 1. The van der Waals surface area contributed by atoms with E-state index in [1.807, 2.05) is 0 Å². The summed E-state index contributed by atoms with van der Waals surface area (Å²) in [6, 6.07) is 1.64. The molecule has 0 radical (unpaired) electrons. The van der Waals surface area contributed by atoms with Gasteiger partial charge < -0.3 is 19.9 Å². The monoisotopic (exact) mass is 513 g/mol. The topological polar surface area (TPSA) is 85.6 Å². The summed E-state index contributed by atoms with van der Waals surface area (Å²) in [5, 5.41) is 14.8. The van der Waals surface area contributed by atoms with Crippen LogP contribution in [-0.4, -0.2) is 51.9 Å². The summed E-state index contributed by atoms with van der Waals surface area (Å²) in [5.74, 6) is -7.81. The van der Waals surface area contributed by atoms with E-state index >= 15 is 0 Å². The minimum absolute atomic E-state index is 0.0420. The Morgan fingerprint density at radius 2 is 2.00 bits per heavy atom. The molecule has 7 nitrogen and oxygen atoms in total. The maximum atomic E-state index is 14.6. The number of rotatable bonds is 7. The zero-order valence-corrected chi connectivity index (χ0v) is 18.7. The Morgan fingerprint density at radius 1 is 1.34 bits per heavy atom. The van der Waals surface area contributed by atoms with Gasteiger partial charge in [0.2, 0.25) is 5.82 Å². The van der Waals surface area contributed by atoms with Crippen LogP contribution in [0.3, 0.4) is 0 Å². The average molecular weight is 513 g/mol. The number of hydrogen-bond acceptors (Lipinski definition) is 5. The van der Waals surface area contributed by atoms with Crippen molar-refractivity contribution in [3.8, 4) is 5.75 Å². The Bertz CT molecular complexity index is 1090. The van der Waals surface area contributed by atoms with Gasteiger partial charge in [0, 0.05) is 17.4 Å². The molecule has 4 atom stereocenters. The van der Waals surface area contributed by atoms with Gasteiger partial charge in [-0.1, -0.05) is 13.0 Å². The molecule has 1 saturated heterocycles. The predicted octanol–water partition coefficient (Wildman–Crippen LogP) is 4.31. The van der Waals surface area contributed by atoms with Crippen LogP contribution in [-0.2, 0) is 9.53 Å². The smallest absolute Gasteiger partial charge is 0.417 e. The summed E-state index contributed by atoms with van der Waals surface area (Å²) >= 11 is 0. The van der Waals surface area contributed by atoms with E-state index in [9.17, 15) is 35.5 Å². The van der Waals surface area contributed by atoms with Crippen LogP contribution in [0.1, 0.15) is 37.6 Å². The second-order valence-electron chi connectivity index (χ2n) is 8.18. The van der Waals surface area contributed by atoms with E-state index < -0.39 is 72.8 Å². The molecule has 194 valence electrons. The van der Waals surface area contributed by atoms with Gasteiger partial charge in [-0.25, -0.2) is 9.07 Å². The van der Waals surface area contributed by atoms with E-state index in [4.69, 9.17) is 14.6 Å². The predicted molar refractivity (Wildman–Crippen MR) is 107 cm³/mol. The number of aliphatic hydroxyl groups excluding tert-OH is 1. The Morgan fingerprint density at radius 3 is 2.54 bits per heavy atom. The number of anilines is 1. The van der Waals surface area contributed by atoms with Crippen molar-refractivity contribution >= 4 is 11.6 Å². The van der Waals surface area contributed by atoms with Crippen LogP contribution < -0.4 is 10.1 Å². The van der Waals surface area contributed by atoms with Crippen LogP contribution >= 0.6 is 0 Å². The van der Waals surface area contributed by atoms with Gasteiger partial charge in [-0.05, 0) is 19.9 Å².